The lowest BCUT2D eigenvalue weighted by molar-refractivity contribution is -0.908. The van der Waals surface area contributed by atoms with Crippen LogP contribution in [-0.2, 0) is 0 Å². The van der Waals surface area contributed by atoms with Gasteiger partial charge in [0.05, 0.1) is 0 Å². The maximum absolute atomic E-state index is 8.84. The Morgan fingerprint density at radius 3 is 2.20 bits per heavy atom. The fraction of sp³-hybridized carbons (Fsp3) is 0.375. The molecule has 0 amide bonds. The predicted octanol–water partition coefficient (Wildman–Crippen LogP) is 1.55. The van der Waals surface area contributed by atoms with Gasteiger partial charge in [0, 0.05) is 23.8 Å². The molecule has 0 aromatic carbocycles. The normalized spacial score (nSPS) is 7.90. The fourth-order valence-electron chi connectivity index (χ4n) is 0.520. The van der Waals surface area contributed by atoms with E-state index in [4.69, 9.17) is 5.21 Å². The molecule has 0 aliphatic rings. The number of pyridine rings is 1. The molecule has 0 radical (unpaired) electrons. The summed E-state index contributed by atoms with van der Waals surface area (Å²) in [5.41, 5.74) is 0.840. The van der Waals surface area contributed by atoms with Gasteiger partial charge in [-0.25, -0.2) is 0 Å². The van der Waals surface area contributed by atoms with Crippen LogP contribution >= 0.6 is 0 Å². The highest BCUT2D eigenvalue weighted by Crippen LogP contribution is 1.83. The number of rotatable bonds is 0. The number of nitrogens with zero attached hydrogens (tertiary/aromatic N) is 1. The fourth-order valence-corrected chi connectivity index (χ4v) is 0.520. The molecule has 1 aromatic heterocycles. The van der Waals surface area contributed by atoms with E-state index >= 15 is 0 Å². The summed E-state index contributed by atoms with van der Waals surface area (Å²) in [5, 5.41) is 8.84. The van der Waals surface area contributed by atoms with Crippen molar-refractivity contribution in [3.05, 3.63) is 30.1 Å². The average Bonchev–Trinajstić information content (AvgIpc) is 2.00. The molecule has 0 atom stereocenters. The van der Waals surface area contributed by atoms with Gasteiger partial charge in [-0.3, -0.25) is 5.21 Å². The molecule has 1 heterocycles. The Labute approximate surface area is 61.7 Å². The molecule has 1 rings (SSSR count). The van der Waals surface area contributed by atoms with Gasteiger partial charge in [-0.2, -0.15) is 0 Å². The van der Waals surface area contributed by atoms with Gasteiger partial charge in [-0.05, 0) is 6.07 Å². The van der Waals surface area contributed by atoms with Crippen molar-refractivity contribution >= 4 is 0 Å². The molecule has 0 saturated heterocycles. The quantitative estimate of drug-likeness (QED) is 0.429. The zero-order valence-electron chi connectivity index (χ0n) is 6.70. The van der Waals surface area contributed by atoms with Crippen LogP contribution < -0.4 is 4.73 Å². The maximum Gasteiger partial charge on any atom is 0.231 e. The van der Waals surface area contributed by atoms with Gasteiger partial charge in [0.1, 0.15) is 0 Å². The Morgan fingerprint density at radius 2 is 1.90 bits per heavy atom. The van der Waals surface area contributed by atoms with E-state index in [1.165, 1.54) is 0 Å². The van der Waals surface area contributed by atoms with Gasteiger partial charge in [-0.1, -0.05) is 13.8 Å². The largest absolute Gasteiger partial charge is 0.285 e. The lowest BCUT2D eigenvalue weighted by Gasteiger charge is -1.83. The Bertz CT molecular complexity index is 165. The van der Waals surface area contributed by atoms with Gasteiger partial charge < -0.3 is 0 Å². The lowest BCUT2D eigenvalue weighted by atomic mass is 10.4. The van der Waals surface area contributed by atoms with E-state index in [1.54, 1.807) is 12.3 Å². The van der Waals surface area contributed by atoms with Crippen molar-refractivity contribution < 1.29 is 9.94 Å². The highest BCUT2D eigenvalue weighted by Gasteiger charge is 1.96. The third-order valence-corrected chi connectivity index (χ3v) is 1.04. The van der Waals surface area contributed by atoms with Crippen LogP contribution in [0.1, 0.15) is 19.5 Å². The van der Waals surface area contributed by atoms with E-state index in [1.807, 2.05) is 32.9 Å². The van der Waals surface area contributed by atoms with Crippen molar-refractivity contribution in [3.63, 3.8) is 0 Å². The van der Waals surface area contributed by atoms with Crippen LogP contribution in [0.5, 0.6) is 0 Å². The number of hydrogen-bond donors (Lipinski definition) is 1. The molecule has 0 saturated carbocycles. The zero-order valence-corrected chi connectivity index (χ0v) is 6.70. The van der Waals surface area contributed by atoms with Gasteiger partial charge in [0.15, 0.2) is 0 Å². The highest BCUT2D eigenvalue weighted by molar-refractivity contribution is 4.93. The zero-order chi connectivity index (χ0) is 7.98. The third-order valence-electron chi connectivity index (χ3n) is 1.04. The second kappa shape index (κ2) is 4.79. The molecule has 2 nitrogen and oxygen atoms in total. The molecule has 2 heteroatoms. The van der Waals surface area contributed by atoms with Crippen LogP contribution in [0, 0.1) is 6.92 Å². The smallest absolute Gasteiger partial charge is 0.231 e. The van der Waals surface area contributed by atoms with E-state index in [-0.39, 0.29) is 0 Å². The van der Waals surface area contributed by atoms with Crippen molar-refractivity contribution in [1.82, 2.24) is 0 Å². The van der Waals surface area contributed by atoms with Crippen molar-refractivity contribution in [2.75, 3.05) is 0 Å². The molecule has 56 valence electrons. The summed E-state index contributed by atoms with van der Waals surface area (Å²) in [7, 11) is 0. The maximum atomic E-state index is 8.84. The third kappa shape index (κ3) is 2.49. The second-order valence-corrected chi connectivity index (χ2v) is 1.69. The van der Waals surface area contributed by atoms with Crippen LogP contribution in [0.4, 0.5) is 0 Å². The topological polar surface area (TPSA) is 24.1 Å². The van der Waals surface area contributed by atoms with Crippen molar-refractivity contribution in [2.45, 2.75) is 20.8 Å². The van der Waals surface area contributed by atoms with Gasteiger partial charge in [0.2, 0.25) is 11.9 Å². The molecule has 1 aromatic rings. The molecule has 0 fully saturated rings. The van der Waals surface area contributed by atoms with Gasteiger partial charge in [-0.15, -0.1) is 0 Å². The number of aromatic nitrogens is 1. The van der Waals surface area contributed by atoms with Crippen LogP contribution in [0.2, 0.25) is 0 Å². The molecule has 10 heavy (non-hydrogen) atoms. The van der Waals surface area contributed by atoms with E-state index < -0.39 is 0 Å². The summed E-state index contributed by atoms with van der Waals surface area (Å²) >= 11 is 0. The molecule has 0 bridgehead atoms. The summed E-state index contributed by atoms with van der Waals surface area (Å²) < 4.78 is 1.08. The predicted molar refractivity (Wildman–Crippen MR) is 39.9 cm³/mol. The Balaban J connectivity index is 0.000000371. The Hall–Kier alpha value is -1.05. The highest BCUT2D eigenvalue weighted by atomic mass is 16.5. The monoisotopic (exact) mass is 140 g/mol. The summed E-state index contributed by atoms with van der Waals surface area (Å²) in [6, 6.07) is 5.48. The first-order valence-corrected chi connectivity index (χ1v) is 3.47. The van der Waals surface area contributed by atoms with Crippen LogP contribution in [0.25, 0.3) is 0 Å². The summed E-state index contributed by atoms with van der Waals surface area (Å²) in [4.78, 5) is 0. The molecule has 1 N–H and O–H groups in total. The van der Waals surface area contributed by atoms with E-state index in [0.29, 0.717) is 0 Å². The minimum Gasteiger partial charge on any atom is -0.285 e. The lowest BCUT2D eigenvalue weighted by Crippen LogP contribution is -2.32. The Morgan fingerprint density at radius 1 is 1.30 bits per heavy atom. The minimum absolute atomic E-state index is 0.840. The molecular weight excluding hydrogens is 126 g/mol. The summed E-state index contributed by atoms with van der Waals surface area (Å²) in [6.07, 6.45) is 1.59. The molecule has 0 aliphatic heterocycles. The molecular formula is C8H14NO+. The average molecular weight is 140 g/mol. The summed E-state index contributed by atoms with van der Waals surface area (Å²) in [6.45, 7) is 5.83. The van der Waals surface area contributed by atoms with E-state index in [2.05, 4.69) is 0 Å². The van der Waals surface area contributed by atoms with Crippen molar-refractivity contribution in [2.24, 2.45) is 0 Å². The standard InChI is InChI=1S/C6H8NO.C2H6/c1-6-4-2-3-5-7(6)8;1-2/h2-5,8H,1H3;1-2H3/q+1;. The number of hydrogen-bond acceptors (Lipinski definition) is 1. The van der Waals surface area contributed by atoms with E-state index in [0.717, 1.165) is 10.4 Å². The Kier molecular flexibility index (Phi) is 4.29. The van der Waals surface area contributed by atoms with Crippen molar-refractivity contribution in [1.29, 1.82) is 0 Å². The van der Waals surface area contributed by atoms with Crippen LogP contribution in [-0.4, -0.2) is 5.21 Å². The summed E-state index contributed by atoms with van der Waals surface area (Å²) in [5.74, 6) is 0. The molecule has 0 aliphatic carbocycles. The van der Waals surface area contributed by atoms with Crippen molar-refractivity contribution in [3.8, 4) is 0 Å². The first-order chi connectivity index (χ1) is 4.80. The molecule has 0 unspecified atom stereocenters. The minimum atomic E-state index is 0.840. The SMILES string of the molecule is CC.Cc1cccc[n+]1O. The van der Waals surface area contributed by atoms with Gasteiger partial charge >= 0.3 is 0 Å². The van der Waals surface area contributed by atoms with Gasteiger partial charge in [0.25, 0.3) is 0 Å². The first kappa shape index (κ1) is 8.95. The first-order valence-electron chi connectivity index (χ1n) is 3.47. The number of aryl methyl sites for hydroxylation is 1. The van der Waals surface area contributed by atoms with Crippen LogP contribution in [0.15, 0.2) is 24.4 Å². The molecule has 0 spiro atoms. The van der Waals surface area contributed by atoms with E-state index in [9.17, 15) is 0 Å². The second-order valence-electron chi connectivity index (χ2n) is 1.69. The van der Waals surface area contributed by atoms with Crippen LogP contribution in [0.3, 0.4) is 0 Å².